The van der Waals surface area contributed by atoms with Crippen LogP contribution >= 0.6 is 0 Å². The molecular formula is C57H36N2. The van der Waals surface area contributed by atoms with Crippen LogP contribution in [0.15, 0.2) is 218 Å². The standard InChI is InChI=1S/C57H36N2/c1-3-12-37(13-4-1)38-24-29-43(30-25-38)58(53-35-34-51-56-47(53)19-11-22-50(56)57(51)48-20-9-14-40-15-10-21-49(57)55(40)48)44-31-26-39(27-32-44)41-28-33-46-45-18-7-8-23-52(45)59(54(46)36-41)42-16-5-2-6-17-42/h1-36H. The van der Waals surface area contributed by atoms with E-state index in [0.29, 0.717) is 0 Å². The maximum Gasteiger partial charge on any atom is 0.0726 e. The minimum atomic E-state index is -0.152. The van der Waals surface area contributed by atoms with Gasteiger partial charge in [0, 0.05) is 33.2 Å². The van der Waals surface area contributed by atoms with Gasteiger partial charge in [-0.2, -0.15) is 0 Å². The zero-order valence-corrected chi connectivity index (χ0v) is 32.2. The van der Waals surface area contributed by atoms with Gasteiger partial charge in [-0.3, -0.25) is 0 Å². The Morgan fingerprint density at radius 3 is 1.58 bits per heavy atom. The maximum absolute atomic E-state index is 2.44. The van der Waals surface area contributed by atoms with Crippen LogP contribution in [-0.2, 0) is 5.41 Å². The third kappa shape index (κ3) is 4.40. The molecule has 274 valence electrons. The number of hydrogen-bond donors (Lipinski definition) is 0. The van der Waals surface area contributed by atoms with Crippen LogP contribution in [0.1, 0.15) is 22.3 Å². The molecule has 1 aromatic heterocycles. The summed E-state index contributed by atoms with van der Waals surface area (Å²) in [5.74, 6) is 0. The Hall–Kier alpha value is -7.68. The number of nitrogens with zero attached hydrogens (tertiary/aromatic N) is 2. The van der Waals surface area contributed by atoms with Crippen molar-refractivity contribution in [1.82, 2.24) is 4.57 Å². The van der Waals surface area contributed by atoms with Gasteiger partial charge < -0.3 is 9.47 Å². The summed E-state index contributed by atoms with van der Waals surface area (Å²) in [5, 5.41) is 7.92. The quantitative estimate of drug-likeness (QED) is 0.164. The van der Waals surface area contributed by atoms with Crippen molar-refractivity contribution < 1.29 is 0 Å². The van der Waals surface area contributed by atoms with Crippen LogP contribution in [0.3, 0.4) is 0 Å². The summed E-state index contributed by atoms with van der Waals surface area (Å²) in [7, 11) is 0. The lowest BCUT2D eigenvalue weighted by Gasteiger charge is -2.52. The van der Waals surface area contributed by atoms with Crippen LogP contribution in [0.4, 0.5) is 17.1 Å². The molecule has 2 aliphatic rings. The van der Waals surface area contributed by atoms with E-state index in [1.807, 2.05) is 0 Å². The smallest absolute Gasteiger partial charge is 0.0726 e. The summed E-state index contributed by atoms with van der Waals surface area (Å²) in [6.07, 6.45) is 0. The molecular weight excluding hydrogens is 713 g/mol. The third-order valence-corrected chi connectivity index (χ3v) is 13.2. The molecule has 1 spiro atoms. The molecule has 11 aromatic rings. The first-order valence-corrected chi connectivity index (χ1v) is 20.5. The van der Waals surface area contributed by atoms with Crippen molar-refractivity contribution in [1.29, 1.82) is 0 Å². The van der Waals surface area contributed by atoms with Crippen LogP contribution in [0.2, 0.25) is 0 Å². The molecule has 2 heteroatoms. The van der Waals surface area contributed by atoms with E-state index in [9.17, 15) is 0 Å². The Balaban J connectivity index is 0.947. The second kappa shape index (κ2) is 12.2. The Labute approximate surface area is 342 Å². The molecule has 0 N–H and O–H groups in total. The highest BCUT2D eigenvalue weighted by Gasteiger charge is 2.54. The second-order valence-electron chi connectivity index (χ2n) is 16.0. The van der Waals surface area contributed by atoms with Gasteiger partial charge in [0.2, 0.25) is 0 Å². The largest absolute Gasteiger partial charge is 0.310 e. The van der Waals surface area contributed by atoms with Crippen LogP contribution in [0.5, 0.6) is 0 Å². The fourth-order valence-electron chi connectivity index (χ4n) is 10.6. The fourth-order valence-corrected chi connectivity index (χ4v) is 10.6. The van der Waals surface area contributed by atoms with Gasteiger partial charge in [-0.15, -0.1) is 0 Å². The molecule has 0 fully saturated rings. The van der Waals surface area contributed by atoms with Gasteiger partial charge in [-0.05, 0) is 115 Å². The summed E-state index contributed by atoms with van der Waals surface area (Å²) < 4.78 is 2.39. The van der Waals surface area contributed by atoms with Crippen molar-refractivity contribution in [3.63, 3.8) is 0 Å². The highest BCUT2D eigenvalue weighted by molar-refractivity contribution is 6.14. The number of aromatic nitrogens is 1. The highest BCUT2D eigenvalue weighted by atomic mass is 15.1. The van der Waals surface area contributed by atoms with E-state index in [1.165, 1.54) is 99.2 Å². The van der Waals surface area contributed by atoms with Crippen LogP contribution < -0.4 is 4.90 Å². The van der Waals surface area contributed by atoms with Crippen molar-refractivity contribution in [2.24, 2.45) is 0 Å². The van der Waals surface area contributed by atoms with Crippen molar-refractivity contribution in [2.75, 3.05) is 4.90 Å². The van der Waals surface area contributed by atoms with Crippen molar-refractivity contribution >= 4 is 60.4 Å². The molecule has 0 amide bonds. The van der Waals surface area contributed by atoms with Gasteiger partial charge in [0.1, 0.15) is 0 Å². The van der Waals surface area contributed by atoms with Gasteiger partial charge >= 0.3 is 0 Å². The second-order valence-corrected chi connectivity index (χ2v) is 16.0. The molecule has 0 atom stereocenters. The predicted molar refractivity (Wildman–Crippen MR) is 247 cm³/mol. The minimum Gasteiger partial charge on any atom is -0.310 e. The van der Waals surface area contributed by atoms with Gasteiger partial charge in [0.25, 0.3) is 0 Å². The van der Waals surface area contributed by atoms with E-state index in [0.717, 1.165) is 11.4 Å². The third-order valence-electron chi connectivity index (χ3n) is 13.2. The fraction of sp³-hybridized carbons (Fsp3) is 0.0175. The molecule has 0 unspecified atom stereocenters. The van der Waals surface area contributed by atoms with Crippen LogP contribution in [-0.4, -0.2) is 4.57 Å². The normalized spacial score (nSPS) is 13.2. The van der Waals surface area contributed by atoms with E-state index in [2.05, 4.69) is 228 Å². The lowest BCUT2D eigenvalue weighted by atomic mass is 9.49. The van der Waals surface area contributed by atoms with Gasteiger partial charge in [0.15, 0.2) is 0 Å². The molecule has 10 aromatic carbocycles. The summed E-state index contributed by atoms with van der Waals surface area (Å²) in [6, 6.07) is 80.5. The summed E-state index contributed by atoms with van der Waals surface area (Å²) in [4.78, 5) is 2.44. The average molecular weight is 749 g/mol. The summed E-state index contributed by atoms with van der Waals surface area (Å²) >= 11 is 0. The highest BCUT2D eigenvalue weighted by Crippen LogP contribution is 2.65. The molecule has 2 aliphatic carbocycles. The number of para-hydroxylation sites is 2. The minimum absolute atomic E-state index is 0.152. The number of fused-ring (bicyclic) bond motifs is 7. The predicted octanol–water partition coefficient (Wildman–Crippen LogP) is 14.9. The van der Waals surface area contributed by atoms with E-state index in [4.69, 9.17) is 0 Å². The topological polar surface area (TPSA) is 8.17 Å². The zero-order chi connectivity index (χ0) is 38.7. The Kier molecular flexibility index (Phi) is 6.68. The van der Waals surface area contributed by atoms with Crippen molar-refractivity contribution in [3.05, 3.63) is 241 Å². The van der Waals surface area contributed by atoms with E-state index >= 15 is 0 Å². The first-order chi connectivity index (χ1) is 29.3. The number of benzene rings is 10. The number of anilines is 3. The van der Waals surface area contributed by atoms with E-state index in [-0.39, 0.29) is 5.41 Å². The molecule has 0 saturated heterocycles. The number of hydrogen-bond acceptors (Lipinski definition) is 1. The van der Waals surface area contributed by atoms with Crippen molar-refractivity contribution in [3.8, 4) is 27.9 Å². The first kappa shape index (κ1) is 32.4. The lowest BCUT2D eigenvalue weighted by Crippen LogP contribution is -2.43. The molecule has 1 heterocycles. The summed E-state index contributed by atoms with van der Waals surface area (Å²) in [5.41, 5.74) is 17.4. The molecule has 0 bridgehead atoms. The number of rotatable bonds is 6. The molecule has 13 rings (SSSR count). The zero-order valence-electron chi connectivity index (χ0n) is 32.2. The Morgan fingerprint density at radius 2 is 0.864 bits per heavy atom. The van der Waals surface area contributed by atoms with E-state index in [1.54, 1.807) is 0 Å². The molecule has 0 saturated carbocycles. The van der Waals surface area contributed by atoms with Gasteiger partial charge in [0.05, 0.1) is 22.1 Å². The van der Waals surface area contributed by atoms with E-state index < -0.39 is 0 Å². The molecule has 2 nitrogen and oxygen atoms in total. The van der Waals surface area contributed by atoms with Crippen molar-refractivity contribution in [2.45, 2.75) is 5.41 Å². The van der Waals surface area contributed by atoms with Gasteiger partial charge in [-0.1, -0.05) is 164 Å². The summed E-state index contributed by atoms with van der Waals surface area (Å²) in [6.45, 7) is 0. The maximum atomic E-state index is 2.44. The monoisotopic (exact) mass is 748 g/mol. The lowest BCUT2D eigenvalue weighted by molar-refractivity contribution is 0.701. The first-order valence-electron chi connectivity index (χ1n) is 20.5. The Morgan fingerprint density at radius 1 is 0.339 bits per heavy atom. The average Bonchev–Trinajstić information content (AvgIpc) is 3.63. The van der Waals surface area contributed by atoms with Gasteiger partial charge in [-0.25, -0.2) is 0 Å². The Bertz CT molecular complexity index is 3420. The molecule has 59 heavy (non-hydrogen) atoms. The molecule has 0 aliphatic heterocycles. The van der Waals surface area contributed by atoms with Crippen LogP contribution in [0.25, 0.3) is 71.3 Å². The SMILES string of the molecule is c1ccc(-c2ccc(N(c3ccc(-c4ccc5c6ccccc6n(-c6ccccc6)c5c4)cc3)c3ccc4c5c(cccc35)C43c4cccc5cccc3c45)cc2)cc1. The molecule has 0 radical (unpaired) electrons. The van der Waals surface area contributed by atoms with Crippen LogP contribution in [0, 0.1) is 0 Å².